The molecule has 29 nitrogen and oxygen atoms in total. The van der Waals surface area contributed by atoms with Gasteiger partial charge in [0, 0.05) is 87.0 Å². The first-order valence-corrected chi connectivity index (χ1v) is 33.5. The van der Waals surface area contributed by atoms with Crippen molar-refractivity contribution in [2.45, 2.75) is 94.1 Å². The van der Waals surface area contributed by atoms with Crippen molar-refractivity contribution in [2.75, 3.05) is 157 Å². The van der Waals surface area contributed by atoms with Crippen LogP contribution >= 0.6 is 21.6 Å². The van der Waals surface area contributed by atoms with E-state index in [-0.39, 0.29) is 125 Å². The fourth-order valence-electron chi connectivity index (χ4n) is 10.6. The third-order valence-corrected chi connectivity index (χ3v) is 18.7. The highest BCUT2D eigenvalue weighted by atomic mass is 33.1. The largest absolute Gasteiger partial charge is 0.493 e. The number of hydrogen-bond acceptors (Lipinski definition) is 24. The van der Waals surface area contributed by atoms with E-state index in [1.54, 1.807) is 28.0 Å². The van der Waals surface area contributed by atoms with E-state index in [2.05, 4.69) is 29.1 Å². The lowest BCUT2D eigenvalue weighted by Crippen LogP contribution is -2.51. The van der Waals surface area contributed by atoms with Crippen molar-refractivity contribution in [2.24, 2.45) is 0 Å². The van der Waals surface area contributed by atoms with Gasteiger partial charge in [0.15, 0.2) is 29.2 Å². The monoisotopic (exact) mass is 1360 g/mol. The first-order valence-electron chi connectivity index (χ1n) is 31.2. The van der Waals surface area contributed by atoms with Crippen LogP contribution in [-0.4, -0.2) is 253 Å². The van der Waals surface area contributed by atoms with Gasteiger partial charge in [-0.2, -0.15) is 0 Å². The third-order valence-electron chi connectivity index (χ3n) is 15.4. The van der Waals surface area contributed by atoms with E-state index in [0.717, 1.165) is 22.5 Å². The zero-order valence-corrected chi connectivity index (χ0v) is 55.5. The zero-order chi connectivity index (χ0) is 67.7. The minimum absolute atomic E-state index is 0.0000548. The van der Waals surface area contributed by atoms with E-state index in [1.807, 2.05) is 13.8 Å². The second kappa shape index (κ2) is 37.1. The van der Waals surface area contributed by atoms with Gasteiger partial charge < -0.3 is 89.1 Å². The van der Waals surface area contributed by atoms with E-state index >= 15 is 0 Å². The molecular weight excluding hydrogens is 1270 g/mol. The molecule has 0 aliphatic carbocycles. The number of methoxy groups -OCH3 is 2. The quantitative estimate of drug-likeness (QED) is 0.0183. The van der Waals surface area contributed by atoms with Gasteiger partial charge in [-0.25, -0.2) is 9.59 Å². The van der Waals surface area contributed by atoms with Gasteiger partial charge in [0.1, 0.15) is 18.9 Å². The van der Waals surface area contributed by atoms with Crippen LogP contribution in [0.5, 0.6) is 23.0 Å². The highest BCUT2D eigenvalue weighted by Crippen LogP contribution is 2.40. The number of amides is 7. The molecule has 7 amide bonds. The number of nitrogens with one attached hydrogen (secondary N) is 3. The maximum atomic E-state index is 14.4. The molecule has 94 heavy (non-hydrogen) atoms. The zero-order valence-electron chi connectivity index (χ0n) is 53.8. The van der Waals surface area contributed by atoms with Crippen LogP contribution in [0.2, 0.25) is 0 Å². The van der Waals surface area contributed by atoms with E-state index in [9.17, 15) is 43.5 Å². The molecule has 5 heterocycles. The van der Waals surface area contributed by atoms with Gasteiger partial charge in [-0.1, -0.05) is 45.9 Å². The topological polar surface area (TPSA) is 359 Å². The number of hydrogen-bond donors (Lipinski definition) is 6. The van der Waals surface area contributed by atoms with Crippen molar-refractivity contribution >= 4 is 80.5 Å². The van der Waals surface area contributed by atoms with Crippen LogP contribution in [0, 0.1) is 0 Å². The molecule has 2 unspecified atom stereocenters. The molecule has 8 N–H and O–H groups in total. The van der Waals surface area contributed by atoms with Crippen molar-refractivity contribution in [1.29, 1.82) is 0 Å². The smallest absolute Gasteiger partial charge is 0.412 e. The standard InChI is InChI=1S/C63H89N9O20S2/c1-40-30-47(57-67-15-22-90-57)71(36-40)58(77)42-32-49(82-5)51(34-44(42)64)88-18-8-7-9-19-89-52-35-45(65)43(33-50(52)83-6)59(78)72-37-41(2)31-48(72)60-70(17-23-91-60)62(81)92-39-63(3,4)94-93-38-46(61(79)80)68-54(74)13-20-84-24-26-86-28-29-87-27-25-85-21-14-66-53(73)12-16-69-55(75)10-11-56(69)76/h10-11,32-35,46-48,57,60,67H,1-2,7-9,12-31,36-39,64-65H2,3-6H3,(H,66,73)(H,68,74)(H,79,80)/t46-,47-,48-,57?,60?/m0/s1. The van der Waals surface area contributed by atoms with Gasteiger partial charge in [0.25, 0.3) is 23.6 Å². The molecule has 0 bridgehead atoms. The van der Waals surface area contributed by atoms with Crippen LogP contribution < -0.4 is 46.4 Å². The molecule has 4 saturated heterocycles. The average molecular weight is 1360 g/mol. The van der Waals surface area contributed by atoms with Crippen LogP contribution in [0.1, 0.15) is 79.5 Å². The lowest BCUT2D eigenvalue weighted by Gasteiger charge is -2.34. The first kappa shape index (κ1) is 74.0. The van der Waals surface area contributed by atoms with Gasteiger partial charge in [-0.3, -0.25) is 43.9 Å². The lowest BCUT2D eigenvalue weighted by molar-refractivity contribution is -0.141. The predicted molar refractivity (Wildman–Crippen MR) is 347 cm³/mol. The van der Waals surface area contributed by atoms with E-state index in [4.69, 9.17) is 63.6 Å². The molecule has 7 rings (SSSR count). The molecule has 5 atom stereocenters. The Kier molecular flexibility index (Phi) is 29.2. The Morgan fingerprint density at radius 2 is 1.26 bits per heavy atom. The molecule has 4 fully saturated rings. The summed E-state index contributed by atoms with van der Waals surface area (Å²) in [6.07, 6.45) is 3.51. The number of carbonyl (C=O) groups excluding carboxylic acids is 7. The Morgan fingerprint density at radius 1 is 0.702 bits per heavy atom. The van der Waals surface area contributed by atoms with Gasteiger partial charge in [-0.05, 0) is 58.1 Å². The number of carboxylic acids is 1. The Balaban J connectivity index is 0.749. The highest BCUT2D eigenvalue weighted by Gasteiger charge is 2.46. The normalized spacial score (nSPS) is 19.1. The van der Waals surface area contributed by atoms with E-state index in [0.29, 0.717) is 114 Å². The number of likely N-dealkylation sites (tertiary alicyclic amines) is 2. The summed E-state index contributed by atoms with van der Waals surface area (Å²) in [5.41, 5.74) is 15.6. The summed E-state index contributed by atoms with van der Waals surface area (Å²) in [5, 5.41) is 18.4. The fraction of sp³-hybridized carbons (Fsp3) is 0.587. The molecule has 0 spiro atoms. The summed E-state index contributed by atoms with van der Waals surface area (Å²) in [6, 6.07) is 4.30. The van der Waals surface area contributed by atoms with Crippen molar-refractivity contribution in [3.8, 4) is 23.0 Å². The number of carboxylic acid groups (broad SMARTS) is 1. The molecule has 0 radical (unpaired) electrons. The molecule has 2 aromatic carbocycles. The van der Waals surface area contributed by atoms with Crippen molar-refractivity contribution in [1.82, 2.24) is 35.6 Å². The summed E-state index contributed by atoms with van der Waals surface area (Å²) in [4.78, 5) is 108. The number of anilines is 2. The maximum absolute atomic E-state index is 14.4. The number of carbonyl (C=O) groups is 8. The fourth-order valence-corrected chi connectivity index (χ4v) is 13.2. The number of nitrogen functional groups attached to an aromatic ring is 2. The summed E-state index contributed by atoms with van der Waals surface area (Å²) in [7, 11) is 5.48. The lowest BCUT2D eigenvalue weighted by atomic mass is 10.1. The molecule has 518 valence electrons. The van der Waals surface area contributed by atoms with Gasteiger partial charge in [0.05, 0.1) is 128 Å². The summed E-state index contributed by atoms with van der Waals surface area (Å²) < 4.78 is 62.3. The van der Waals surface area contributed by atoms with E-state index in [1.165, 1.54) is 58.9 Å². The van der Waals surface area contributed by atoms with E-state index < -0.39 is 58.7 Å². The number of aliphatic carboxylic acids is 1. The Bertz CT molecular complexity index is 3010. The molecule has 31 heteroatoms. The molecule has 2 aromatic rings. The Hall–Kier alpha value is -7.36. The van der Waals surface area contributed by atoms with Gasteiger partial charge >= 0.3 is 12.1 Å². The average Bonchev–Trinajstić information content (AvgIpc) is 1.57. The number of rotatable bonds is 40. The van der Waals surface area contributed by atoms with Crippen LogP contribution in [-0.2, 0) is 57.1 Å². The predicted octanol–water partition coefficient (Wildman–Crippen LogP) is 3.40. The van der Waals surface area contributed by atoms with Gasteiger partial charge in [-0.15, -0.1) is 0 Å². The summed E-state index contributed by atoms with van der Waals surface area (Å²) in [5.74, 6) is -2.07. The molecule has 0 saturated carbocycles. The molecule has 0 aromatic heterocycles. The van der Waals surface area contributed by atoms with Crippen LogP contribution in [0.15, 0.2) is 60.7 Å². The number of unbranched alkanes of at least 4 members (excludes halogenated alkanes) is 2. The number of benzene rings is 2. The number of nitrogens with two attached hydrogens (primary N) is 2. The summed E-state index contributed by atoms with van der Waals surface area (Å²) >= 11 is 0. The Labute approximate surface area is 554 Å². The number of imide groups is 1. The SMILES string of the molecule is C=C1C[C@@H](C2NCCO2)N(C(=O)c2cc(OC)c(OCCCCCOc3cc(N)c(C(=O)N4CC(=C)C[C@H]4C4OCCN4C(=O)OCC(C)(C)SSC[C@H](NC(=O)CCOCCOCCOCCOCCNC(=O)CCN4C(=O)C=CC4=O)C(=O)O)cc3OC)cc2N)C1. The molecular formula is C63H89N9O20S2. The maximum Gasteiger partial charge on any atom is 0.412 e. The minimum Gasteiger partial charge on any atom is -0.493 e. The third kappa shape index (κ3) is 21.8. The first-order chi connectivity index (χ1) is 45.2. The van der Waals surface area contributed by atoms with Gasteiger partial charge in [0.2, 0.25) is 11.8 Å². The second-order valence-corrected chi connectivity index (χ2v) is 26.2. The van der Waals surface area contributed by atoms with Crippen molar-refractivity contribution < 1.29 is 95.6 Å². The minimum atomic E-state index is -1.21. The van der Waals surface area contributed by atoms with Crippen LogP contribution in [0.4, 0.5) is 16.2 Å². The van der Waals surface area contributed by atoms with Crippen molar-refractivity contribution in [3.05, 3.63) is 71.8 Å². The Morgan fingerprint density at radius 3 is 1.81 bits per heavy atom. The van der Waals surface area contributed by atoms with Crippen molar-refractivity contribution in [3.63, 3.8) is 0 Å². The summed E-state index contributed by atoms with van der Waals surface area (Å²) in [6.45, 7) is 17.1. The molecule has 5 aliphatic rings. The molecule has 5 aliphatic heterocycles. The number of nitrogens with zero attached hydrogens (tertiary/aromatic N) is 4. The second-order valence-electron chi connectivity index (χ2n) is 23.1. The highest BCUT2D eigenvalue weighted by molar-refractivity contribution is 8.77. The van der Waals surface area contributed by atoms with Crippen LogP contribution in [0.25, 0.3) is 0 Å². The van der Waals surface area contributed by atoms with Crippen LogP contribution in [0.3, 0.4) is 0 Å². The number of ether oxygens (including phenoxy) is 11.